The van der Waals surface area contributed by atoms with Gasteiger partial charge in [-0.1, -0.05) is 37.3 Å². The highest BCUT2D eigenvalue weighted by atomic mass is 16.5. The van der Waals surface area contributed by atoms with Crippen LogP contribution in [0.3, 0.4) is 0 Å². The molecule has 2 aromatic rings. The van der Waals surface area contributed by atoms with Crippen molar-refractivity contribution in [3.05, 3.63) is 58.6 Å². The van der Waals surface area contributed by atoms with E-state index in [9.17, 15) is 9.90 Å². The number of aromatic nitrogens is 2. The lowest BCUT2D eigenvalue weighted by Crippen LogP contribution is -2.58. The van der Waals surface area contributed by atoms with E-state index in [0.29, 0.717) is 37.9 Å². The van der Waals surface area contributed by atoms with Crippen molar-refractivity contribution in [1.82, 2.24) is 14.5 Å². The Hall–Kier alpha value is -2.22. The van der Waals surface area contributed by atoms with Crippen LogP contribution < -0.4 is 11.0 Å². The maximum Gasteiger partial charge on any atom is 0.351 e. The molecule has 2 heterocycles. The third-order valence-electron chi connectivity index (χ3n) is 5.39. The van der Waals surface area contributed by atoms with Crippen LogP contribution in [0.1, 0.15) is 39.0 Å². The van der Waals surface area contributed by atoms with Gasteiger partial charge in [0, 0.05) is 31.9 Å². The average molecular weight is 386 g/mol. The molecule has 3 rings (SSSR count). The average Bonchev–Trinajstić information content (AvgIpc) is 2.72. The summed E-state index contributed by atoms with van der Waals surface area (Å²) < 4.78 is 7.72. The number of anilines is 1. The first-order valence-electron chi connectivity index (χ1n) is 9.86. The van der Waals surface area contributed by atoms with E-state index in [4.69, 9.17) is 4.74 Å². The van der Waals surface area contributed by atoms with Crippen LogP contribution in [0.5, 0.6) is 0 Å². The van der Waals surface area contributed by atoms with Crippen molar-refractivity contribution in [2.24, 2.45) is 0 Å². The zero-order valence-electron chi connectivity index (χ0n) is 16.8. The molecule has 0 spiro atoms. The molecule has 1 aromatic heterocycles. The zero-order chi connectivity index (χ0) is 20.1. The van der Waals surface area contributed by atoms with E-state index in [0.717, 1.165) is 5.56 Å². The van der Waals surface area contributed by atoms with Crippen molar-refractivity contribution in [2.75, 3.05) is 25.0 Å². The summed E-state index contributed by atoms with van der Waals surface area (Å²) in [5.74, 6) is 0.533. The van der Waals surface area contributed by atoms with Crippen molar-refractivity contribution >= 4 is 5.82 Å². The SMILES string of the molecule is CC[C@@]1(CO)CN(C(C)C)C[C@H](n2ccc(NCc3ccccc3)nc2=O)O1. The van der Waals surface area contributed by atoms with E-state index < -0.39 is 11.8 Å². The Morgan fingerprint density at radius 2 is 2.07 bits per heavy atom. The molecule has 1 aromatic carbocycles. The Bertz CT molecular complexity index is 818. The fourth-order valence-corrected chi connectivity index (χ4v) is 3.45. The number of nitrogens with zero attached hydrogens (tertiary/aromatic N) is 3. The second kappa shape index (κ2) is 8.86. The fourth-order valence-electron chi connectivity index (χ4n) is 3.45. The molecule has 152 valence electrons. The predicted octanol–water partition coefficient (Wildman–Crippen LogP) is 2.24. The van der Waals surface area contributed by atoms with Crippen LogP contribution in [0, 0.1) is 0 Å². The largest absolute Gasteiger partial charge is 0.393 e. The number of nitrogens with one attached hydrogen (secondary N) is 1. The van der Waals surface area contributed by atoms with Crippen molar-refractivity contribution in [3.8, 4) is 0 Å². The summed E-state index contributed by atoms with van der Waals surface area (Å²) in [4.78, 5) is 19.1. The second-order valence-electron chi connectivity index (χ2n) is 7.63. The number of ether oxygens (including phenoxy) is 1. The number of aliphatic hydroxyl groups is 1. The molecule has 7 heteroatoms. The molecule has 2 N–H and O–H groups in total. The van der Waals surface area contributed by atoms with Crippen LogP contribution in [0.2, 0.25) is 0 Å². The van der Waals surface area contributed by atoms with Gasteiger partial charge in [-0.3, -0.25) is 9.47 Å². The summed E-state index contributed by atoms with van der Waals surface area (Å²) in [6.45, 7) is 7.96. The van der Waals surface area contributed by atoms with Gasteiger partial charge in [0.2, 0.25) is 0 Å². The minimum Gasteiger partial charge on any atom is -0.393 e. The van der Waals surface area contributed by atoms with Gasteiger partial charge >= 0.3 is 5.69 Å². The van der Waals surface area contributed by atoms with Gasteiger partial charge in [-0.25, -0.2) is 4.79 Å². The molecule has 0 amide bonds. The van der Waals surface area contributed by atoms with Gasteiger partial charge in [-0.05, 0) is 31.9 Å². The molecule has 1 saturated heterocycles. The first-order valence-corrected chi connectivity index (χ1v) is 9.86. The summed E-state index contributed by atoms with van der Waals surface area (Å²) in [7, 11) is 0. The molecule has 2 atom stereocenters. The fraction of sp³-hybridized carbons (Fsp3) is 0.524. The zero-order valence-corrected chi connectivity index (χ0v) is 16.8. The van der Waals surface area contributed by atoms with Crippen molar-refractivity contribution in [1.29, 1.82) is 0 Å². The van der Waals surface area contributed by atoms with E-state index >= 15 is 0 Å². The van der Waals surface area contributed by atoms with E-state index in [1.165, 1.54) is 4.57 Å². The Kier molecular flexibility index (Phi) is 6.49. The molecule has 0 unspecified atom stereocenters. The van der Waals surface area contributed by atoms with Crippen molar-refractivity contribution < 1.29 is 9.84 Å². The topological polar surface area (TPSA) is 79.6 Å². The summed E-state index contributed by atoms with van der Waals surface area (Å²) in [6.07, 6.45) is 1.91. The van der Waals surface area contributed by atoms with Gasteiger partial charge in [0.05, 0.1) is 6.61 Å². The van der Waals surface area contributed by atoms with E-state index in [-0.39, 0.29) is 12.3 Å². The summed E-state index contributed by atoms with van der Waals surface area (Å²) in [5.41, 5.74) is 0.0839. The minimum atomic E-state index is -0.670. The molecule has 1 aliphatic heterocycles. The summed E-state index contributed by atoms with van der Waals surface area (Å²) in [6, 6.07) is 12.0. The second-order valence-corrected chi connectivity index (χ2v) is 7.63. The van der Waals surface area contributed by atoms with Crippen molar-refractivity contribution in [3.63, 3.8) is 0 Å². The Labute approximate surface area is 166 Å². The first-order chi connectivity index (χ1) is 13.5. The van der Waals surface area contributed by atoms with Crippen LogP contribution in [0.4, 0.5) is 5.82 Å². The van der Waals surface area contributed by atoms with E-state index in [1.807, 2.05) is 37.3 Å². The van der Waals surface area contributed by atoms with E-state index in [1.54, 1.807) is 12.3 Å². The molecule has 0 bridgehead atoms. The van der Waals surface area contributed by atoms with Gasteiger partial charge in [-0.2, -0.15) is 4.98 Å². The van der Waals surface area contributed by atoms with Crippen LogP contribution in [-0.2, 0) is 11.3 Å². The molecule has 0 saturated carbocycles. The number of hydrogen-bond acceptors (Lipinski definition) is 6. The van der Waals surface area contributed by atoms with Gasteiger partial charge in [-0.15, -0.1) is 0 Å². The highest BCUT2D eigenvalue weighted by molar-refractivity contribution is 5.33. The summed E-state index contributed by atoms with van der Waals surface area (Å²) >= 11 is 0. The maximum atomic E-state index is 12.7. The van der Waals surface area contributed by atoms with Gasteiger partial charge in [0.25, 0.3) is 0 Å². The van der Waals surface area contributed by atoms with Gasteiger partial charge in [0.1, 0.15) is 11.4 Å². The maximum absolute atomic E-state index is 12.7. The monoisotopic (exact) mass is 386 g/mol. The molecule has 28 heavy (non-hydrogen) atoms. The lowest BCUT2D eigenvalue weighted by Gasteiger charge is -2.46. The van der Waals surface area contributed by atoms with Crippen molar-refractivity contribution in [2.45, 2.75) is 51.6 Å². The quantitative estimate of drug-likeness (QED) is 0.760. The van der Waals surface area contributed by atoms with Crippen LogP contribution in [-0.4, -0.2) is 50.9 Å². The van der Waals surface area contributed by atoms with E-state index in [2.05, 4.69) is 29.0 Å². The van der Waals surface area contributed by atoms with Gasteiger partial charge < -0.3 is 15.2 Å². The lowest BCUT2D eigenvalue weighted by atomic mass is 9.98. The molecule has 0 aliphatic carbocycles. The third kappa shape index (κ3) is 4.60. The Balaban J connectivity index is 1.77. The van der Waals surface area contributed by atoms with Crippen LogP contribution in [0.25, 0.3) is 0 Å². The van der Waals surface area contributed by atoms with Crippen LogP contribution >= 0.6 is 0 Å². The molecule has 1 aliphatic rings. The smallest absolute Gasteiger partial charge is 0.351 e. The van der Waals surface area contributed by atoms with Gasteiger partial charge in [0.15, 0.2) is 6.23 Å². The highest BCUT2D eigenvalue weighted by Gasteiger charge is 2.40. The standard InChI is InChI=1S/C21H30N4O3/c1-4-21(15-26)14-24(16(2)3)13-19(28-21)25-11-10-18(23-20(25)27)22-12-17-8-6-5-7-9-17/h5-11,16,19,26H,4,12-15H2,1-3H3,(H,22,23,27)/t19-,21+/m1/s1. The first kappa shape index (κ1) is 20.5. The highest BCUT2D eigenvalue weighted by Crippen LogP contribution is 2.30. The lowest BCUT2D eigenvalue weighted by molar-refractivity contribution is -0.206. The molecule has 1 fully saturated rings. The number of hydrogen-bond donors (Lipinski definition) is 2. The predicted molar refractivity (Wildman–Crippen MR) is 109 cm³/mol. The minimum absolute atomic E-state index is 0.0812. The molecule has 0 radical (unpaired) electrons. The normalized spacial score (nSPS) is 23.1. The number of aliphatic hydroxyl groups excluding tert-OH is 1. The molecular formula is C21H30N4O3. The number of rotatable bonds is 7. The third-order valence-corrected chi connectivity index (χ3v) is 5.39. The Morgan fingerprint density at radius 1 is 1.32 bits per heavy atom. The number of morpholine rings is 1. The number of benzene rings is 1. The summed E-state index contributed by atoms with van der Waals surface area (Å²) in [5, 5.41) is 13.1. The molecule has 7 nitrogen and oxygen atoms in total. The molecular weight excluding hydrogens is 356 g/mol. The Morgan fingerprint density at radius 3 is 2.68 bits per heavy atom. The van der Waals surface area contributed by atoms with Crippen LogP contribution in [0.15, 0.2) is 47.4 Å².